The van der Waals surface area contributed by atoms with Crippen LogP contribution in [-0.2, 0) is 6.54 Å². The van der Waals surface area contributed by atoms with Crippen LogP contribution in [0.3, 0.4) is 0 Å². The predicted octanol–water partition coefficient (Wildman–Crippen LogP) is 1.64. The Morgan fingerprint density at radius 3 is 2.95 bits per heavy atom. The van der Waals surface area contributed by atoms with Crippen molar-refractivity contribution in [1.82, 2.24) is 4.90 Å². The first kappa shape index (κ1) is 15.1. The molecule has 1 aliphatic heterocycles. The summed E-state index contributed by atoms with van der Waals surface area (Å²) < 4.78 is 0. The molecule has 1 heterocycles. The van der Waals surface area contributed by atoms with Crippen molar-refractivity contribution in [1.29, 1.82) is 0 Å². The highest BCUT2D eigenvalue weighted by Crippen LogP contribution is 2.24. The third-order valence-electron chi connectivity index (χ3n) is 3.76. The van der Waals surface area contributed by atoms with E-state index in [1.807, 2.05) is 6.07 Å². The average Bonchev–Trinajstić information content (AvgIpc) is 2.88. The van der Waals surface area contributed by atoms with Crippen molar-refractivity contribution in [2.24, 2.45) is 16.8 Å². The number of halogens is 1. The Bertz CT molecular complexity index is 493. The average molecular weight is 298 g/mol. The van der Waals surface area contributed by atoms with Crippen molar-refractivity contribution in [2.45, 2.75) is 19.4 Å². The molecule has 1 atom stereocenters. The van der Waals surface area contributed by atoms with Gasteiger partial charge in [-0.25, -0.2) is 0 Å². The lowest BCUT2D eigenvalue weighted by atomic mass is 10.1. The number of aliphatic hydroxyl groups is 1. The Kier molecular flexibility index (Phi) is 5.23. The number of rotatable bonds is 5. The molecule has 20 heavy (non-hydrogen) atoms. The fourth-order valence-electron chi connectivity index (χ4n) is 2.61. The van der Waals surface area contributed by atoms with Gasteiger partial charge in [0.15, 0.2) is 5.84 Å². The smallest absolute Gasteiger partial charge is 0.170 e. The molecule has 110 valence electrons. The number of hydrogen-bond acceptors (Lipinski definition) is 4. The summed E-state index contributed by atoms with van der Waals surface area (Å²) in [5, 5.41) is 21.2. The van der Waals surface area contributed by atoms with Crippen molar-refractivity contribution < 1.29 is 10.3 Å². The number of nitrogens with zero attached hydrogens (tertiary/aromatic N) is 2. The van der Waals surface area contributed by atoms with E-state index in [-0.39, 0.29) is 12.4 Å². The highest BCUT2D eigenvalue weighted by atomic mass is 35.5. The summed E-state index contributed by atoms with van der Waals surface area (Å²) in [6.07, 6.45) is 1.99. The molecule has 1 saturated heterocycles. The fourth-order valence-corrected chi connectivity index (χ4v) is 2.85. The molecule has 1 fully saturated rings. The maximum absolute atomic E-state index is 8.97. The number of aliphatic hydroxyl groups excluding tert-OH is 1. The highest BCUT2D eigenvalue weighted by molar-refractivity contribution is 6.31. The van der Waals surface area contributed by atoms with Crippen LogP contribution in [-0.4, -0.2) is 40.7 Å². The molecule has 0 spiro atoms. The van der Waals surface area contributed by atoms with Crippen LogP contribution >= 0.6 is 11.6 Å². The number of amidine groups is 1. The second-order valence-electron chi connectivity index (χ2n) is 5.19. The zero-order chi connectivity index (χ0) is 14.5. The molecular formula is C14H20ClN3O2. The van der Waals surface area contributed by atoms with Gasteiger partial charge in [-0.2, -0.15) is 0 Å². The maximum atomic E-state index is 8.97. The fraction of sp³-hybridized carbons (Fsp3) is 0.500. The minimum Gasteiger partial charge on any atom is -0.409 e. The molecule has 0 amide bonds. The minimum absolute atomic E-state index is 0.0580. The molecule has 4 N–H and O–H groups in total. The van der Waals surface area contributed by atoms with Crippen LogP contribution in [0.2, 0.25) is 5.02 Å². The van der Waals surface area contributed by atoms with Crippen LogP contribution in [0.1, 0.15) is 24.0 Å². The number of likely N-dealkylation sites (tertiary alicyclic amines) is 1. The van der Waals surface area contributed by atoms with Crippen LogP contribution in [0.4, 0.5) is 0 Å². The number of oxime groups is 1. The Hall–Kier alpha value is -1.30. The van der Waals surface area contributed by atoms with E-state index in [0.717, 1.165) is 38.0 Å². The summed E-state index contributed by atoms with van der Waals surface area (Å²) in [5.41, 5.74) is 7.18. The number of benzene rings is 1. The van der Waals surface area contributed by atoms with Crippen LogP contribution in [0, 0.1) is 5.92 Å². The lowest BCUT2D eigenvalue weighted by molar-refractivity contribution is 0.249. The molecule has 0 bridgehead atoms. The van der Waals surface area contributed by atoms with Crippen LogP contribution in [0.25, 0.3) is 0 Å². The van der Waals surface area contributed by atoms with Gasteiger partial charge in [-0.1, -0.05) is 28.9 Å². The van der Waals surface area contributed by atoms with Gasteiger partial charge in [0.2, 0.25) is 0 Å². The summed E-state index contributed by atoms with van der Waals surface area (Å²) >= 11 is 6.25. The zero-order valence-corrected chi connectivity index (χ0v) is 12.1. The molecular weight excluding hydrogens is 278 g/mol. The molecule has 0 radical (unpaired) electrons. The molecule has 0 aromatic heterocycles. The molecule has 1 aromatic carbocycles. The third-order valence-corrected chi connectivity index (χ3v) is 4.11. The van der Waals surface area contributed by atoms with E-state index < -0.39 is 0 Å². The Labute approximate surface area is 123 Å². The van der Waals surface area contributed by atoms with Gasteiger partial charge in [0.1, 0.15) is 0 Å². The zero-order valence-electron chi connectivity index (χ0n) is 11.3. The van der Waals surface area contributed by atoms with E-state index in [4.69, 9.17) is 27.6 Å². The van der Waals surface area contributed by atoms with Crippen molar-refractivity contribution in [2.75, 3.05) is 19.7 Å². The van der Waals surface area contributed by atoms with E-state index >= 15 is 0 Å². The van der Waals surface area contributed by atoms with Crippen molar-refractivity contribution in [3.63, 3.8) is 0 Å². The largest absolute Gasteiger partial charge is 0.409 e. The van der Waals surface area contributed by atoms with E-state index in [1.165, 1.54) is 0 Å². The first-order valence-electron chi connectivity index (χ1n) is 6.73. The van der Waals surface area contributed by atoms with E-state index in [2.05, 4.69) is 10.1 Å². The summed E-state index contributed by atoms with van der Waals surface area (Å²) in [4.78, 5) is 2.34. The van der Waals surface area contributed by atoms with Gasteiger partial charge >= 0.3 is 0 Å². The maximum Gasteiger partial charge on any atom is 0.170 e. The SMILES string of the molecule is N/C(=N/O)c1ccc(CN2CCC(CCO)C2)c(Cl)c1. The quantitative estimate of drug-likeness (QED) is 0.334. The first-order chi connectivity index (χ1) is 9.63. The second kappa shape index (κ2) is 6.92. The van der Waals surface area contributed by atoms with E-state index in [1.54, 1.807) is 12.1 Å². The van der Waals surface area contributed by atoms with Crippen molar-refractivity contribution in [3.05, 3.63) is 34.3 Å². The Morgan fingerprint density at radius 1 is 1.50 bits per heavy atom. The van der Waals surface area contributed by atoms with Crippen molar-refractivity contribution in [3.8, 4) is 0 Å². The summed E-state index contributed by atoms with van der Waals surface area (Å²) in [6.45, 7) is 3.08. The lowest BCUT2D eigenvalue weighted by Gasteiger charge is -2.17. The molecule has 5 nitrogen and oxygen atoms in total. The van der Waals surface area contributed by atoms with Gasteiger partial charge in [-0.05, 0) is 36.9 Å². The third kappa shape index (κ3) is 3.62. The van der Waals surface area contributed by atoms with Gasteiger partial charge in [-0.3, -0.25) is 4.90 Å². The highest BCUT2D eigenvalue weighted by Gasteiger charge is 2.22. The van der Waals surface area contributed by atoms with Crippen molar-refractivity contribution >= 4 is 17.4 Å². The second-order valence-corrected chi connectivity index (χ2v) is 5.60. The molecule has 0 aliphatic carbocycles. The van der Waals surface area contributed by atoms with E-state index in [0.29, 0.717) is 16.5 Å². The Balaban J connectivity index is 2.00. The topological polar surface area (TPSA) is 82.1 Å². The normalized spacial score (nSPS) is 20.5. The van der Waals surface area contributed by atoms with Gasteiger partial charge in [-0.15, -0.1) is 0 Å². The monoisotopic (exact) mass is 297 g/mol. The first-order valence-corrected chi connectivity index (χ1v) is 7.11. The van der Waals surface area contributed by atoms with Gasteiger partial charge < -0.3 is 16.0 Å². The van der Waals surface area contributed by atoms with Crippen LogP contribution in [0.15, 0.2) is 23.4 Å². The predicted molar refractivity (Wildman–Crippen MR) is 79.0 cm³/mol. The summed E-state index contributed by atoms with van der Waals surface area (Å²) in [5.74, 6) is 0.637. The van der Waals surface area contributed by atoms with Gasteiger partial charge in [0.25, 0.3) is 0 Å². The standard InChI is InChI=1S/C14H20ClN3O2/c15-13-7-11(14(16)17-20)1-2-12(13)9-18-5-3-10(8-18)4-6-19/h1-2,7,10,19-20H,3-6,8-9H2,(H2,16,17). The summed E-state index contributed by atoms with van der Waals surface area (Å²) in [6, 6.07) is 5.43. The molecule has 6 heteroatoms. The molecule has 1 aliphatic rings. The van der Waals surface area contributed by atoms with Crippen LogP contribution < -0.4 is 5.73 Å². The number of hydrogen-bond donors (Lipinski definition) is 3. The van der Waals surface area contributed by atoms with Gasteiger partial charge in [0.05, 0.1) is 0 Å². The molecule has 1 unspecified atom stereocenters. The number of nitrogens with two attached hydrogens (primary N) is 1. The molecule has 0 saturated carbocycles. The van der Waals surface area contributed by atoms with Gasteiger partial charge in [0, 0.05) is 30.3 Å². The summed E-state index contributed by atoms with van der Waals surface area (Å²) in [7, 11) is 0. The lowest BCUT2D eigenvalue weighted by Crippen LogP contribution is -2.21. The molecule has 1 aromatic rings. The van der Waals surface area contributed by atoms with Crippen LogP contribution in [0.5, 0.6) is 0 Å². The minimum atomic E-state index is 0.0580. The van der Waals surface area contributed by atoms with E-state index in [9.17, 15) is 0 Å². The Morgan fingerprint density at radius 2 is 2.30 bits per heavy atom. The molecule has 2 rings (SSSR count).